The molecule has 0 amide bonds. The second-order valence-electron chi connectivity index (χ2n) is 4.03. The molecule has 0 radical (unpaired) electrons. The maximum atomic E-state index is 4.35. The second kappa shape index (κ2) is 4.49. The number of nitrogens with zero attached hydrogens (tertiary/aromatic N) is 2. The van der Waals surface area contributed by atoms with E-state index in [2.05, 4.69) is 35.5 Å². The summed E-state index contributed by atoms with van der Waals surface area (Å²) in [6.07, 6.45) is 3.92. The summed E-state index contributed by atoms with van der Waals surface area (Å²) in [5, 5.41) is 7.61. The average molecular weight is 215 g/mol. The number of aryl methyl sites for hydroxylation is 1. The van der Waals surface area contributed by atoms with Crippen molar-refractivity contribution in [2.75, 3.05) is 7.05 Å². The van der Waals surface area contributed by atoms with Crippen molar-refractivity contribution in [3.63, 3.8) is 0 Å². The highest BCUT2D eigenvalue weighted by atomic mass is 15.3. The smallest absolute Gasteiger partial charge is 0.0693 e. The van der Waals surface area contributed by atoms with E-state index < -0.39 is 0 Å². The fraction of sp³-hybridized carbons (Fsp3) is 0.308. The lowest BCUT2D eigenvalue weighted by Gasteiger charge is -2.15. The van der Waals surface area contributed by atoms with Crippen molar-refractivity contribution < 1.29 is 0 Å². The van der Waals surface area contributed by atoms with Gasteiger partial charge in [-0.25, -0.2) is 4.68 Å². The van der Waals surface area contributed by atoms with Crippen molar-refractivity contribution >= 4 is 0 Å². The van der Waals surface area contributed by atoms with Crippen LogP contribution in [-0.4, -0.2) is 16.8 Å². The van der Waals surface area contributed by atoms with Gasteiger partial charge in [0.1, 0.15) is 0 Å². The molecule has 0 bridgehead atoms. The number of rotatable bonds is 3. The van der Waals surface area contributed by atoms with E-state index in [4.69, 9.17) is 0 Å². The van der Waals surface area contributed by atoms with Gasteiger partial charge in [0.15, 0.2) is 0 Å². The van der Waals surface area contributed by atoms with Gasteiger partial charge in [-0.2, -0.15) is 5.10 Å². The maximum absolute atomic E-state index is 4.35. The number of nitrogens with one attached hydrogen (secondary N) is 1. The molecule has 0 saturated heterocycles. The van der Waals surface area contributed by atoms with E-state index in [-0.39, 0.29) is 0 Å². The predicted octanol–water partition coefficient (Wildman–Crippen LogP) is 2.46. The number of benzene rings is 1. The first-order valence-electron chi connectivity index (χ1n) is 5.50. The van der Waals surface area contributed by atoms with Crippen molar-refractivity contribution in [3.05, 3.63) is 47.8 Å². The van der Waals surface area contributed by atoms with Crippen LogP contribution in [0.3, 0.4) is 0 Å². The number of hydrogen-bond donors (Lipinski definition) is 1. The van der Waals surface area contributed by atoms with Crippen LogP contribution in [0, 0.1) is 6.92 Å². The highest BCUT2D eigenvalue weighted by molar-refractivity contribution is 5.42. The molecule has 2 rings (SSSR count). The lowest BCUT2D eigenvalue weighted by atomic mass is 10.1. The molecule has 0 aliphatic heterocycles. The minimum atomic E-state index is 0.320. The molecule has 0 aliphatic rings. The molecule has 16 heavy (non-hydrogen) atoms. The highest BCUT2D eigenvalue weighted by Gasteiger charge is 2.09. The molecular formula is C13H17N3. The summed E-state index contributed by atoms with van der Waals surface area (Å²) in [7, 11) is 1.97. The minimum absolute atomic E-state index is 0.320. The molecule has 1 aromatic heterocycles. The summed E-state index contributed by atoms with van der Waals surface area (Å²) >= 11 is 0. The lowest BCUT2D eigenvalue weighted by molar-refractivity contribution is 0.644. The van der Waals surface area contributed by atoms with Gasteiger partial charge < -0.3 is 5.32 Å². The molecular weight excluding hydrogens is 198 g/mol. The number of aromatic nitrogens is 2. The third kappa shape index (κ3) is 1.99. The molecule has 3 nitrogen and oxygen atoms in total. The molecule has 0 saturated carbocycles. The van der Waals surface area contributed by atoms with Crippen LogP contribution in [0.1, 0.15) is 24.1 Å². The summed E-state index contributed by atoms with van der Waals surface area (Å²) in [6, 6.07) is 8.64. The first-order chi connectivity index (χ1) is 7.72. The summed E-state index contributed by atoms with van der Waals surface area (Å²) in [5.74, 6) is 0. The van der Waals surface area contributed by atoms with Crippen LogP contribution < -0.4 is 5.32 Å². The zero-order valence-corrected chi connectivity index (χ0v) is 9.94. The SMILES string of the molecule is CNC(C)c1ccccc1-n1cc(C)cn1. The molecule has 1 atom stereocenters. The number of para-hydroxylation sites is 1. The molecule has 2 aromatic rings. The monoisotopic (exact) mass is 215 g/mol. The van der Waals surface area contributed by atoms with E-state index in [1.807, 2.05) is 37.1 Å². The third-order valence-corrected chi connectivity index (χ3v) is 2.79. The normalized spacial score (nSPS) is 12.7. The Balaban J connectivity index is 2.48. The summed E-state index contributed by atoms with van der Waals surface area (Å²) < 4.78 is 1.93. The van der Waals surface area contributed by atoms with E-state index in [9.17, 15) is 0 Å². The molecule has 0 spiro atoms. The lowest BCUT2D eigenvalue weighted by Crippen LogP contribution is -2.15. The van der Waals surface area contributed by atoms with E-state index in [1.165, 1.54) is 11.1 Å². The van der Waals surface area contributed by atoms with E-state index in [1.54, 1.807) is 0 Å². The van der Waals surface area contributed by atoms with Gasteiger partial charge in [-0.3, -0.25) is 0 Å². The van der Waals surface area contributed by atoms with Gasteiger partial charge in [0.25, 0.3) is 0 Å². The van der Waals surface area contributed by atoms with Crippen LogP contribution in [0.25, 0.3) is 5.69 Å². The molecule has 1 aromatic carbocycles. The third-order valence-electron chi connectivity index (χ3n) is 2.79. The molecule has 3 heteroatoms. The van der Waals surface area contributed by atoms with Crippen LogP contribution in [0.5, 0.6) is 0 Å². The quantitative estimate of drug-likeness (QED) is 0.852. The van der Waals surface area contributed by atoms with Crippen molar-refractivity contribution in [1.82, 2.24) is 15.1 Å². The van der Waals surface area contributed by atoms with E-state index >= 15 is 0 Å². The average Bonchev–Trinajstić information content (AvgIpc) is 2.75. The fourth-order valence-corrected chi connectivity index (χ4v) is 1.76. The molecule has 0 aliphatic carbocycles. The van der Waals surface area contributed by atoms with Crippen LogP contribution in [0.2, 0.25) is 0 Å². The van der Waals surface area contributed by atoms with Crippen LogP contribution in [-0.2, 0) is 0 Å². The van der Waals surface area contributed by atoms with Gasteiger partial charge in [-0.05, 0) is 38.1 Å². The van der Waals surface area contributed by atoms with Crippen LogP contribution in [0.15, 0.2) is 36.7 Å². The van der Waals surface area contributed by atoms with Gasteiger partial charge in [-0.15, -0.1) is 0 Å². The number of hydrogen-bond acceptors (Lipinski definition) is 2. The van der Waals surface area contributed by atoms with Gasteiger partial charge in [0, 0.05) is 12.2 Å². The fourth-order valence-electron chi connectivity index (χ4n) is 1.76. The molecule has 1 unspecified atom stereocenters. The summed E-state index contributed by atoms with van der Waals surface area (Å²) in [5.41, 5.74) is 3.57. The topological polar surface area (TPSA) is 29.9 Å². The van der Waals surface area contributed by atoms with Gasteiger partial charge in [0.05, 0.1) is 11.9 Å². The van der Waals surface area contributed by atoms with Crippen LogP contribution in [0.4, 0.5) is 0 Å². The summed E-state index contributed by atoms with van der Waals surface area (Å²) in [4.78, 5) is 0. The maximum Gasteiger partial charge on any atom is 0.0693 e. The first-order valence-corrected chi connectivity index (χ1v) is 5.50. The second-order valence-corrected chi connectivity index (χ2v) is 4.03. The largest absolute Gasteiger partial charge is 0.313 e. The standard InChI is InChI=1S/C13H17N3/c1-10-8-15-16(9-10)13-7-5-4-6-12(13)11(2)14-3/h4-9,11,14H,1-3H3. The Morgan fingerprint density at radius 3 is 2.69 bits per heavy atom. The predicted molar refractivity (Wildman–Crippen MR) is 65.8 cm³/mol. The molecule has 1 N–H and O–H groups in total. The Bertz CT molecular complexity index is 474. The minimum Gasteiger partial charge on any atom is -0.313 e. The van der Waals surface area contributed by atoms with Gasteiger partial charge >= 0.3 is 0 Å². The van der Waals surface area contributed by atoms with Crippen molar-refractivity contribution in [3.8, 4) is 5.69 Å². The van der Waals surface area contributed by atoms with Crippen molar-refractivity contribution in [2.45, 2.75) is 19.9 Å². The Labute approximate surface area is 96.1 Å². The zero-order valence-electron chi connectivity index (χ0n) is 9.94. The Morgan fingerprint density at radius 1 is 1.31 bits per heavy atom. The Kier molecular flexibility index (Phi) is 3.06. The van der Waals surface area contributed by atoms with E-state index in [0.29, 0.717) is 6.04 Å². The van der Waals surface area contributed by atoms with E-state index in [0.717, 1.165) is 5.69 Å². The highest BCUT2D eigenvalue weighted by Crippen LogP contribution is 2.20. The first kappa shape index (κ1) is 10.9. The Hall–Kier alpha value is -1.61. The van der Waals surface area contributed by atoms with Crippen LogP contribution >= 0.6 is 0 Å². The zero-order chi connectivity index (χ0) is 11.5. The molecule has 84 valence electrons. The summed E-state index contributed by atoms with van der Waals surface area (Å²) in [6.45, 7) is 4.20. The molecule has 1 heterocycles. The van der Waals surface area contributed by atoms with Crippen molar-refractivity contribution in [2.24, 2.45) is 0 Å². The van der Waals surface area contributed by atoms with Crippen molar-refractivity contribution in [1.29, 1.82) is 0 Å². The van der Waals surface area contributed by atoms with Gasteiger partial charge in [0.2, 0.25) is 0 Å². The van der Waals surface area contributed by atoms with Gasteiger partial charge in [-0.1, -0.05) is 18.2 Å². The Morgan fingerprint density at radius 2 is 2.06 bits per heavy atom. The molecule has 0 fully saturated rings.